The van der Waals surface area contributed by atoms with Crippen molar-refractivity contribution in [2.24, 2.45) is 5.73 Å². The highest BCUT2D eigenvalue weighted by atomic mass is 16.2. The summed E-state index contributed by atoms with van der Waals surface area (Å²) in [7, 11) is 0. The molecule has 1 fully saturated rings. The Kier molecular flexibility index (Phi) is 3.11. The van der Waals surface area contributed by atoms with Crippen LogP contribution in [0.5, 0.6) is 0 Å². The van der Waals surface area contributed by atoms with Crippen LogP contribution in [0, 0.1) is 5.41 Å². The molecule has 13 heavy (non-hydrogen) atoms. The molecule has 1 aliphatic rings. The van der Waals surface area contributed by atoms with Crippen LogP contribution in [0.3, 0.4) is 0 Å². The third-order valence-corrected chi connectivity index (χ3v) is 1.82. The van der Waals surface area contributed by atoms with Gasteiger partial charge in [0.1, 0.15) is 0 Å². The van der Waals surface area contributed by atoms with Gasteiger partial charge in [-0.2, -0.15) is 0 Å². The summed E-state index contributed by atoms with van der Waals surface area (Å²) in [4.78, 5) is 11.2. The van der Waals surface area contributed by atoms with Crippen molar-refractivity contribution in [3.63, 3.8) is 0 Å². The number of amides is 2. The molecule has 0 radical (unpaired) electrons. The fourth-order valence-electron chi connectivity index (χ4n) is 1.06. The van der Waals surface area contributed by atoms with E-state index in [1.807, 2.05) is 6.92 Å². The highest BCUT2D eigenvalue weighted by molar-refractivity contribution is 5.79. The third kappa shape index (κ3) is 4.35. The second kappa shape index (κ2) is 4.11. The van der Waals surface area contributed by atoms with Crippen molar-refractivity contribution < 1.29 is 4.79 Å². The van der Waals surface area contributed by atoms with Crippen LogP contribution in [0.25, 0.3) is 0 Å². The van der Waals surface area contributed by atoms with E-state index in [4.69, 9.17) is 11.1 Å². The van der Waals surface area contributed by atoms with Gasteiger partial charge < -0.3 is 16.4 Å². The number of nitrogens with one attached hydrogen (secondary N) is 3. The largest absolute Gasteiger partial charge is 0.388 e. The molecule has 1 aliphatic carbocycles. The van der Waals surface area contributed by atoms with Gasteiger partial charge >= 0.3 is 6.03 Å². The van der Waals surface area contributed by atoms with Gasteiger partial charge in [0.15, 0.2) is 0 Å². The van der Waals surface area contributed by atoms with Crippen molar-refractivity contribution in [1.29, 1.82) is 5.41 Å². The van der Waals surface area contributed by atoms with E-state index in [1.54, 1.807) is 0 Å². The van der Waals surface area contributed by atoms with Crippen LogP contribution in [0.2, 0.25) is 0 Å². The second-order valence-corrected chi connectivity index (χ2v) is 3.52. The first-order chi connectivity index (χ1) is 6.08. The monoisotopic (exact) mass is 184 g/mol. The van der Waals surface area contributed by atoms with Crippen LogP contribution in [0.15, 0.2) is 0 Å². The van der Waals surface area contributed by atoms with E-state index in [0.29, 0.717) is 12.5 Å². The summed E-state index contributed by atoms with van der Waals surface area (Å²) in [5, 5.41) is 12.5. The van der Waals surface area contributed by atoms with E-state index in [0.717, 1.165) is 12.8 Å². The summed E-state index contributed by atoms with van der Waals surface area (Å²) in [6.07, 6.45) is 2.56. The molecule has 1 rings (SSSR count). The molecular formula is C8H16N4O. The maximum atomic E-state index is 11.2. The molecule has 0 aromatic heterocycles. The normalized spacial score (nSPS) is 17.6. The minimum Gasteiger partial charge on any atom is -0.388 e. The quantitative estimate of drug-likeness (QED) is 0.370. The van der Waals surface area contributed by atoms with Crippen molar-refractivity contribution in [2.45, 2.75) is 38.3 Å². The Morgan fingerprint density at radius 1 is 1.69 bits per heavy atom. The summed E-state index contributed by atoms with van der Waals surface area (Å²) in [5.41, 5.74) is 5.19. The molecular weight excluding hydrogens is 168 g/mol. The Morgan fingerprint density at radius 2 is 2.31 bits per heavy atom. The van der Waals surface area contributed by atoms with E-state index in [2.05, 4.69) is 10.6 Å². The minimum atomic E-state index is -0.156. The van der Waals surface area contributed by atoms with Gasteiger partial charge in [-0.05, 0) is 19.8 Å². The average Bonchev–Trinajstić information content (AvgIpc) is 2.67. The Bertz CT molecular complexity index is 212. The summed E-state index contributed by atoms with van der Waals surface area (Å²) < 4.78 is 0. The number of rotatable bonds is 4. The molecule has 74 valence electrons. The highest BCUT2D eigenvalue weighted by Crippen LogP contribution is 2.18. The molecule has 0 spiro atoms. The number of hydrogen-bond acceptors (Lipinski definition) is 2. The maximum Gasteiger partial charge on any atom is 0.315 e. The Labute approximate surface area is 77.6 Å². The summed E-state index contributed by atoms with van der Waals surface area (Å²) >= 11 is 0. The minimum absolute atomic E-state index is 0.0729. The highest BCUT2D eigenvalue weighted by Gasteiger charge is 2.23. The van der Waals surface area contributed by atoms with E-state index in [9.17, 15) is 4.79 Å². The summed E-state index contributed by atoms with van der Waals surface area (Å²) in [5.74, 6) is 0.0965. The van der Waals surface area contributed by atoms with E-state index >= 15 is 0 Å². The molecule has 0 bridgehead atoms. The van der Waals surface area contributed by atoms with Crippen LogP contribution >= 0.6 is 0 Å². The summed E-state index contributed by atoms with van der Waals surface area (Å²) in [6.45, 7) is 1.83. The number of nitrogens with two attached hydrogens (primary N) is 1. The van der Waals surface area contributed by atoms with Crippen molar-refractivity contribution in [2.75, 3.05) is 0 Å². The molecule has 1 saturated carbocycles. The predicted octanol–water partition coefficient (Wildman–Crippen LogP) is 0.163. The fourth-order valence-corrected chi connectivity index (χ4v) is 1.06. The van der Waals surface area contributed by atoms with Crippen LogP contribution in [-0.4, -0.2) is 24.0 Å². The maximum absolute atomic E-state index is 11.2. The van der Waals surface area contributed by atoms with Gasteiger partial charge in [0.05, 0.1) is 5.84 Å². The summed E-state index contributed by atoms with van der Waals surface area (Å²) in [6, 6.07) is 0.136. The SMILES string of the molecule is CC(CC(=N)N)NC(=O)NC1CC1. The van der Waals surface area contributed by atoms with Gasteiger partial charge in [0.25, 0.3) is 0 Å². The molecule has 1 unspecified atom stereocenters. The standard InChI is InChI=1S/C8H16N4O/c1-5(4-7(9)10)11-8(13)12-6-2-3-6/h5-6H,2-4H2,1H3,(H3,9,10)(H2,11,12,13). The third-order valence-electron chi connectivity index (χ3n) is 1.82. The second-order valence-electron chi connectivity index (χ2n) is 3.52. The molecule has 5 N–H and O–H groups in total. The van der Waals surface area contributed by atoms with Crippen LogP contribution in [-0.2, 0) is 0 Å². The Morgan fingerprint density at radius 3 is 2.77 bits per heavy atom. The lowest BCUT2D eigenvalue weighted by Crippen LogP contribution is -2.43. The molecule has 0 saturated heterocycles. The number of urea groups is 1. The number of carbonyl (C=O) groups is 1. The van der Waals surface area contributed by atoms with Crippen molar-refractivity contribution in [3.8, 4) is 0 Å². The van der Waals surface area contributed by atoms with Crippen molar-refractivity contribution >= 4 is 11.9 Å². The van der Waals surface area contributed by atoms with Crippen molar-refractivity contribution in [1.82, 2.24) is 10.6 Å². The van der Waals surface area contributed by atoms with Gasteiger partial charge in [-0.3, -0.25) is 5.41 Å². The molecule has 0 heterocycles. The van der Waals surface area contributed by atoms with E-state index in [-0.39, 0.29) is 17.9 Å². The Hall–Kier alpha value is -1.26. The molecule has 1 atom stereocenters. The van der Waals surface area contributed by atoms with Crippen LogP contribution in [0.1, 0.15) is 26.2 Å². The Balaban J connectivity index is 2.13. The van der Waals surface area contributed by atoms with Crippen LogP contribution in [0.4, 0.5) is 4.79 Å². The zero-order valence-electron chi connectivity index (χ0n) is 7.76. The zero-order valence-corrected chi connectivity index (χ0v) is 7.76. The number of carbonyl (C=O) groups excluding carboxylic acids is 1. The van der Waals surface area contributed by atoms with Crippen LogP contribution < -0.4 is 16.4 Å². The lowest BCUT2D eigenvalue weighted by atomic mass is 10.2. The number of amidine groups is 1. The van der Waals surface area contributed by atoms with E-state index in [1.165, 1.54) is 0 Å². The molecule has 0 aromatic carbocycles. The molecule has 5 heteroatoms. The number of hydrogen-bond donors (Lipinski definition) is 4. The zero-order chi connectivity index (χ0) is 9.84. The lowest BCUT2D eigenvalue weighted by Gasteiger charge is -2.13. The van der Waals surface area contributed by atoms with Gasteiger partial charge in [0.2, 0.25) is 0 Å². The van der Waals surface area contributed by atoms with Gasteiger partial charge in [-0.1, -0.05) is 0 Å². The van der Waals surface area contributed by atoms with Gasteiger partial charge in [-0.25, -0.2) is 4.79 Å². The molecule has 0 aromatic rings. The molecule has 5 nitrogen and oxygen atoms in total. The predicted molar refractivity (Wildman–Crippen MR) is 50.7 cm³/mol. The fraction of sp³-hybridized carbons (Fsp3) is 0.750. The first-order valence-electron chi connectivity index (χ1n) is 4.48. The van der Waals surface area contributed by atoms with Gasteiger partial charge in [0, 0.05) is 18.5 Å². The molecule has 2 amide bonds. The topological polar surface area (TPSA) is 91.0 Å². The first kappa shape index (κ1) is 9.83. The van der Waals surface area contributed by atoms with E-state index < -0.39 is 0 Å². The smallest absolute Gasteiger partial charge is 0.315 e. The molecule has 0 aliphatic heterocycles. The first-order valence-corrected chi connectivity index (χ1v) is 4.48. The average molecular weight is 184 g/mol. The lowest BCUT2D eigenvalue weighted by molar-refractivity contribution is 0.237. The van der Waals surface area contributed by atoms with Crippen molar-refractivity contribution in [3.05, 3.63) is 0 Å². The van der Waals surface area contributed by atoms with Gasteiger partial charge in [-0.15, -0.1) is 0 Å².